The zero-order valence-corrected chi connectivity index (χ0v) is 15.4. The highest BCUT2D eigenvalue weighted by molar-refractivity contribution is 5.75. The Labute approximate surface area is 150 Å². The number of para-hydroxylation sites is 1. The Morgan fingerprint density at radius 1 is 0.880 bits per heavy atom. The number of unbranched alkanes of at least 4 members (excludes halogenated alkanes) is 6. The standard InChI is InChI=1S/C20H30O5/c1-3-4-5-6-7-8-11-14-24-19(21)15-23-16-20(22)25-18-13-10-9-12-17(18)2/h9-10,12-13H,3-8,11,14-16H2,1-2H3. The summed E-state index contributed by atoms with van der Waals surface area (Å²) < 4.78 is 15.3. The third-order valence-electron chi connectivity index (χ3n) is 3.77. The highest BCUT2D eigenvalue weighted by Gasteiger charge is 2.09. The summed E-state index contributed by atoms with van der Waals surface area (Å²) in [7, 11) is 0. The van der Waals surface area contributed by atoms with E-state index in [1.54, 1.807) is 12.1 Å². The lowest BCUT2D eigenvalue weighted by molar-refractivity contribution is -0.152. The first-order valence-corrected chi connectivity index (χ1v) is 9.13. The predicted octanol–water partition coefficient (Wildman–Crippen LogP) is 4.21. The molecule has 1 aromatic rings. The molecule has 1 aromatic carbocycles. The van der Waals surface area contributed by atoms with E-state index in [1.165, 1.54) is 32.1 Å². The smallest absolute Gasteiger partial charge is 0.337 e. The first-order valence-electron chi connectivity index (χ1n) is 9.13. The van der Waals surface area contributed by atoms with Crippen molar-refractivity contribution in [3.8, 4) is 5.75 Å². The molecule has 1 rings (SSSR count). The molecule has 0 fully saturated rings. The Hall–Kier alpha value is -1.88. The summed E-state index contributed by atoms with van der Waals surface area (Å²) >= 11 is 0. The Kier molecular flexibility index (Phi) is 11.4. The Morgan fingerprint density at radius 2 is 1.52 bits per heavy atom. The molecule has 0 saturated heterocycles. The Morgan fingerprint density at radius 3 is 2.24 bits per heavy atom. The van der Waals surface area contributed by atoms with Gasteiger partial charge in [0.1, 0.15) is 19.0 Å². The second kappa shape index (κ2) is 13.4. The minimum Gasteiger partial charge on any atom is -0.464 e. The number of hydrogen-bond donors (Lipinski definition) is 0. The van der Waals surface area contributed by atoms with Crippen LogP contribution in [0, 0.1) is 6.92 Å². The topological polar surface area (TPSA) is 61.8 Å². The number of carbonyl (C=O) groups excluding carboxylic acids is 2. The maximum absolute atomic E-state index is 11.7. The molecule has 0 amide bonds. The van der Waals surface area contributed by atoms with Gasteiger partial charge in [0.25, 0.3) is 0 Å². The van der Waals surface area contributed by atoms with Gasteiger partial charge in [-0.3, -0.25) is 0 Å². The lowest BCUT2D eigenvalue weighted by Gasteiger charge is -2.08. The van der Waals surface area contributed by atoms with Gasteiger partial charge >= 0.3 is 11.9 Å². The summed E-state index contributed by atoms with van der Waals surface area (Å²) in [6, 6.07) is 7.22. The highest BCUT2D eigenvalue weighted by atomic mass is 16.6. The number of rotatable bonds is 13. The first kappa shape index (κ1) is 21.2. The number of aryl methyl sites for hydroxylation is 1. The summed E-state index contributed by atoms with van der Waals surface area (Å²) in [5.41, 5.74) is 0.866. The Bertz CT molecular complexity index is 513. The van der Waals surface area contributed by atoms with Gasteiger partial charge in [0.15, 0.2) is 0 Å². The van der Waals surface area contributed by atoms with Crippen molar-refractivity contribution in [1.29, 1.82) is 0 Å². The molecule has 0 unspecified atom stereocenters. The van der Waals surface area contributed by atoms with Crippen molar-refractivity contribution in [1.82, 2.24) is 0 Å². The number of ether oxygens (including phenoxy) is 3. The van der Waals surface area contributed by atoms with Crippen LogP contribution in [0.5, 0.6) is 5.75 Å². The molecule has 0 bridgehead atoms. The van der Waals surface area contributed by atoms with E-state index >= 15 is 0 Å². The minimum absolute atomic E-state index is 0.237. The van der Waals surface area contributed by atoms with Crippen molar-refractivity contribution in [3.05, 3.63) is 29.8 Å². The van der Waals surface area contributed by atoms with E-state index in [4.69, 9.17) is 14.2 Å². The van der Waals surface area contributed by atoms with Gasteiger partial charge in [0.2, 0.25) is 0 Å². The lowest BCUT2D eigenvalue weighted by Crippen LogP contribution is -2.20. The molecule has 0 spiro atoms. The fraction of sp³-hybridized carbons (Fsp3) is 0.600. The van der Waals surface area contributed by atoms with Crippen LogP contribution < -0.4 is 4.74 Å². The molecular formula is C20H30O5. The maximum atomic E-state index is 11.7. The molecule has 0 radical (unpaired) electrons. The van der Waals surface area contributed by atoms with Crippen molar-refractivity contribution in [3.63, 3.8) is 0 Å². The van der Waals surface area contributed by atoms with Crippen LogP contribution in [0.4, 0.5) is 0 Å². The number of esters is 2. The molecule has 0 aliphatic rings. The van der Waals surface area contributed by atoms with Gasteiger partial charge in [-0.25, -0.2) is 9.59 Å². The normalized spacial score (nSPS) is 10.5. The van der Waals surface area contributed by atoms with Crippen LogP contribution >= 0.6 is 0 Å². The molecule has 0 N–H and O–H groups in total. The van der Waals surface area contributed by atoms with Crippen molar-refractivity contribution in [2.24, 2.45) is 0 Å². The summed E-state index contributed by atoms with van der Waals surface area (Å²) in [4.78, 5) is 23.2. The second-order valence-electron chi connectivity index (χ2n) is 6.07. The van der Waals surface area contributed by atoms with E-state index in [9.17, 15) is 9.59 Å². The van der Waals surface area contributed by atoms with Crippen molar-refractivity contribution >= 4 is 11.9 Å². The quantitative estimate of drug-likeness (QED) is 0.303. The molecule has 5 heteroatoms. The largest absolute Gasteiger partial charge is 0.464 e. The van der Waals surface area contributed by atoms with E-state index in [-0.39, 0.29) is 13.2 Å². The monoisotopic (exact) mass is 350 g/mol. The maximum Gasteiger partial charge on any atom is 0.337 e. The van der Waals surface area contributed by atoms with E-state index in [2.05, 4.69) is 6.92 Å². The summed E-state index contributed by atoms with van der Waals surface area (Å²) in [6.07, 6.45) is 8.18. The van der Waals surface area contributed by atoms with Crippen LogP contribution in [-0.4, -0.2) is 31.8 Å². The zero-order chi connectivity index (χ0) is 18.3. The van der Waals surface area contributed by atoms with Crippen molar-refractivity contribution in [2.75, 3.05) is 19.8 Å². The molecule has 0 aliphatic carbocycles. The predicted molar refractivity (Wildman–Crippen MR) is 96.6 cm³/mol. The fourth-order valence-corrected chi connectivity index (χ4v) is 2.33. The summed E-state index contributed by atoms with van der Waals surface area (Å²) in [6.45, 7) is 3.94. The average molecular weight is 350 g/mol. The fourth-order valence-electron chi connectivity index (χ4n) is 2.33. The third-order valence-corrected chi connectivity index (χ3v) is 3.77. The summed E-state index contributed by atoms with van der Waals surface area (Å²) in [5.74, 6) is -0.485. The third kappa shape index (κ3) is 10.6. The van der Waals surface area contributed by atoms with Crippen LogP contribution in [0.1, 0.15) is 57.4 Å². The molecule has 0 atom stereocenters. The van der Waals surface area contributed by atoms with Gasteiger partial charge in [-0.2, -0.15) is 0 Å². The van der Waals surface area contributed by atoms with Gasteiger partial charge in [-0.15, -0.1) is 0 Å². The van der Waals surface area contributed by atoms with Gasteiger partial charge in [-0.1, -0.05) is 63.6 Å². The van der Waals surface area contributed by atoms with E-state index in [0.29, 0.717) is 12.4 Å². The molecule has 5 nitrogen and oxygen atoms in total. The van der Waals surface area contributed by atoms with Gasteiger partial charge < -0.3 is 14.2 Å². The van der Waals surface area contributed by atoms with Gasteiger partial charge in [-0.05, 0) is 25.0 Å². The zero-order valence-electron chi connectivity index (χ0n) is 15.4. The van der Waals surface area contributed by atoms with E-state index in [0.717, 1.165) is 18.4 Å². The lowest BCUT2D eigenvalue weighted by atomic mass is 10.1. The molecule has 0 heterocycles. The number of hydrogen-bond acceptors (Lipinski definition) is 5. The number of carbonyl (C=O) groups is 2. The first-order chi connectivity index (χ1) is 12.1. The molecule has 140 valence electrons. The number of benzene rings is 1. The SMILES string of the molecule is CCCCCCCCCOC(=O)COCC(=O)Oc1ccccc1C. The average Bonchev–Trinajstić information content (AvgIpc) is 2.59. The summed E-state index contributed by atoms with van der Waals surface area (Å²) in [5, 5.41) is 0. The van der Waals surface area contributed by atoms with Crippen LogP contribution in [0.25, 0.3) is 0 Å². The molecular weight excluding hydrogens is 320 g/mol. The molecule has 0 aromatic heterocycles. The van der Waals surface area contributed by atoms with Crippen LogP contribution in [0.3, 0.4) is 0 Å². The van der Waals surface area contributed by atoms with Gasteiger partial charge in [0.05, 0.1) is 6.61 Å². The van der Waals surface area contributed by atoms with Crippen molar-refractivity contribution < 1.29 is 23.8 Å². The van der Waals surface area contributed by atoms with E-state index in [1.807, 2.05) is 19.1 Å². The highest BCUT2D eigenvalue weighted by Crippen LogP contribution is 2.16. The van der Waals surface area contributed by atoms with Crippen LogP contribution in [0.15, 0.2) is 24.3 Å². The van der Waals surface area contributed by atoms with Crippen LogP contribution in [0.2, 0.25) is 0 Å². The van der Waals surface area contributed by atoms with Gasteiger partial charge in [0, 0.05) is 0 Å². The van der Waals surface area contributed by atoms with E-state index < -0.39 is 11.9 Å². The molecule has 25 heavy (non-hydrogen) atoms. The molecule has 0 saturated carbocycles. The molecule has 0 aliphatic heterocycles. The minimum atomic E-state index is -0.533. The van der Waals surface area contributed by atoms with Crippen molar-refractivity contribution in [2.45, 2.75) is 58.8 Å². The van der Waals surface area contributed by atoms with Crippen LogP contribution in [-0.2, 0) is 19.1 Å². The Balaban J connectivity index is 2.01. The second-order valence-corrected chi connectivity index (χ2v) is 6.07.